The summed E-state index contributed by atoms with van der Waals surface area (Å²) in [4.78, 5) is 23.5. The van der Waals surface area contributed by atoms with Crippen LogP contribution in [0.15, 0.2) is 42.5 Å². The van der Waals surface area contributed by atoms with Gasteiger partial charge in [-0.25, -0.2) is 0 Å². The van der Waals surface area contributed by atoms with Gasteiger partial charge < -0.3 is 10.1 Å². The summed E-state index contributed by atoms with van der Waals surface area (Å²) >= 11 is 14.6. The van der Waals surface area contributed by atoms with E-state index in [4.69, 9.17) is 27.9 Å². The Morgan fingerprint density at radius 3 is 2.36 bits per heavy atom. The lowest BCUT2D eigenvalue weighted by Gasteiger charge is -2.19. The predicted octanol–water partition coefficient (Wildman–Crippen LogP) is 5.74. The average molecular weight is 492 g/mol. The highest BCUT2D eigenvalue weighted by molar-refractivity contribution is 14.1. The second-order valence-electron chi connectivity index (χ2n) is 5.25. The Kier molecular flexibility index (Phi) is 7.53. The van der Waals surface area contributed by atoms with Gasteiger partial charge in [0.15, 0.2) is 0 Å². The number of esters is 2. The molecule has 0 fully saturated rings. The van der Waals surface area contributed by atoms with Crippen LogP contribution < -0.4 is 5.32 Å². The summed E-state index contributed by atoms with van der Waals surface area (Å²) < 4.78 is 5.54. The van der Waals surface area contributed by atoms with Gasteiger partial charge >= 0.3 is 11.9 Å². The Morgan fingerprint density at radius 1 is 1.12 bits per heavy atom. The summed E-state index contributed by atoms with van der Waals surface area (Å²) in [5, 5.41) is 4.14. The zero-order valence-electron chi connectivity index (χ0n) is 13.4. The first kappa shape index (κ1) is 20.0. The molecule has 7 heteroatoms. The molecular formula is C18H16Cl2INO3. The molecule has 4 nitrogen and oxygen atoms in total. The van der Waals surface area contributed by atoms with Gasteiger partial charge in [-0.15, -0.1) is 0 Å². The smallest absolute Gasteiger partial charge is 0.321 e. The van der Waals surface area contributed by atoms with Crippen molar-refractivity contribution in [3.63, 3.8) is 0 Å². The molecule has 1 N–H and O–H groups in total. The molecular weight excluding hydrogens is 476 g/mol. The molecule has 132 valence electrons. The van der Waals surface area contributed by atoms with Crippen LogP contribution in [0.4, 0.5) is 11.4 Å². The highest BCUT2D eigenvalue weighted by atomic mass is 127. The van der Waals surface area contributed by atoms with Crippen molar-refractivity contribution in [2.75, 3.05) is 9.74 Å². The molecule has 2 aromatic carbocycles. The predicted molar refractivity (Wildman–Crippen MR) is 109 cm³/mol. The number of ether oxygens (including phenoxy) is 1. The third-order valence-corrected chi connectivity index (χ3v) is 4.74. The molecule has 0 amide bonds. The summed E-state index contributed by atoms with van der Waals surface area (Å²) in [7, 11) is 0. The van der Waals surface area contributed by atoms with Gasteiger partial charge in [0, 0.05) is 17.0 Å². The second-order valence-corrected chi connectivity index (χ2v) is 7.14. The Labute approximate surface area is 170 Å². The lowest BCUT2D eigenvalue weighted by Crippen LogP contribution is -2.20. The summed E-state index contributed by atoms with van der Waals surface area (Å²) in [6.07, 6.45) is 0.543. The van der Waals surface area contributed by atoms with Crippen LogP contribution in [0.2, 0.25) is 10.0 Å². The van der Waals surface area contributed by atoms with Gasteiger partial charge in [0.05, 0.1) is 21.7 Å². The molecule has 0 aromatic heterocycles. The van der Waals surface area contributed by atoms with Crippen molar-refractivity contribution >= 4 is 69.1 Å². The summed E-state index contributed by atoms with van der Waals surface area (Å²) in [5.41, 5.74) is 1.97. The van der Waals surface area contributed by atoms with Crippen molar-refractivity contribution in [1.29, 1.82) is 0 Å². The zero-order valence-corrected chi connectivity index (χ0v) is 17.1. The van der Waals surface area contributed by atoms with Gasteiger partial charge in [0.25, 0.3) is 0 Å². The quantitative estimate of drug-likeness (QED) is 0.242. The third-order valence-electron chi connectivity index (χ3n) is 3.49. The molecule has 0 spiro atoms. The van der Waals surface area contributed by atoms with E-state index in [0.29, 0.717) is 27.8 Å². The van der Waals surface area contributed by atoms with Crippen molar-refractivity contribution in [3.8, 4) is 0 Å². The minimum Gasteiger partial charge on any atom is -0.393 e. The Bertz CT molecular complexity index is 762. The molecule has 25 heavy (non-hydrogen) atoms. The molecule has 0 aliphatic heterocycles. The highest BCUT2D eigenvalue weighted by Crippen LogP contribution is 2.36. The molecule has 1 unspecified atom stereocenters. The van der Waals surface area contributed by atoms with Crippen LogP contribution in [0, 0.1) is 0 Å². The number of para-hydroxylation sites is 2. The van der Waals surface area contributed by atoms with Crippen LogP contribution in [-0.2, 0) is 14.3 Å². The molecule has 0 bridgehead atoms. The fourth-order valence-corrected chi connectivity index (χ4v) is 3.50. The van der Waals surface area contributed by atoms with Gasteiger partial charge in [-0.05, 0) is 30.2 Å². The van der Waals surface area contributed by atoms with Crippen LogP contribution in [0.3, 0.4) is 0 Å². The lowest BCUT2D eigenvalue weighted by atomic mass is 9.94. The third kappa shape index (κ3) is 5.33. The number of alkyl halides is 1. The molecule has 2 aromatic rings. The van der Waals surface area contributed by atoms with E-state index in [1.807, 2.05) is 24.3 Å². The van der Waals surface area contributed by atoms with Gasteiger partial charge in [-0.2, -0.15) is 0 Å². The number of carbonyl (C=O) groups is 2. The Balaban J connectivity index is 2.41. The number of anilines is 2. The number of carbonyl (C=O) groups excluding carboxylic acids is 2. The largest absolute Gasteiger partial charge is 0.393 e. The van der Waals surface area contributed by atoms with E-state index in [9.17, 15) is 9.59 Å². The molecule has 0 heterocycles. The van der Waals surface area contributed by atoms with Crippen molar-refractivity contribution in [3.05, 3.63) is 58.1 Å². The van der Waals surface area contributed by atoms with Gasteiger partial charge in [0.2, 0.25) is 0 Å². The number of halogens is 3. The summed E-state index contributed by atoms with van der Waals surface area (Å²) in [6, 6.07) is 12.5. The first-order chi connectivity index (χ1) is 11.9. The zero-order chi connectivity index (χ0) is 18.4. The fraction of sp³-hybridized carbons (Fsp3) is 0.222. The summed E-state index contributed by atoms with van der Waals surface area (Å²) in [5.74, 6) is -1.75. The van der Waals surface area contributed by atoms with Crippen LogP contribution in [0.1, 0.15) is 24.8 Å². The van der Waals surface area contributed by atoms with E-state index in [-0.39, 0.29) is 0 Å². The van der Waals surface area contributed by atoms with Crippen molar-refractivity contribution < 1.29 is 14.3 Å². The number of nitrogens with one attached hydrogen (secondary N) is 1. The molecule has 0 radical (unpaired) electrons. The maximum absolute atomic E-state index is 12.4. The van der Waals surface area contributed by atoms with E-state index in [0.717, 1.165) is 9.99 Å². The summed E-state index contributed by atoms with van der Waals surface area (Å²) in [6.45, 7) is 1.21. The van der Waals surface area contributed by atoms with Gasteiger partial charge in [0.1, 0.15) is 0 Å². The van der Waals surface area contributed by atoms with Crippen LogP contribution in [0.25, 0.3) is 0 Å². The second kappa shape index (κ2) is 9.40. The maximum atomic E-state index is 12.4. The van der Waals surface area contributed by atoms with E-state index < -0.39 is 17.9 Å². The molecule has 2 rings (SSSR count). The monoisotopic (exact) mass is 491 g/mol. The number of rotatable bonds is 6. The molecule has 0 aliphatic carbocycles. The minimum absolute atomic E-state index is 0.471. The molecule has 0 saturated carbocycles. The normalized spacial score (nSPS) is 11.7. The maximum Gasteiger partial charge on any atom is 0.321 e. The topological polar surface area (TPSA) is 55.4 Å². The number of hydrogen-bond acceptors (Lipinski definition) is 4. The van der Waals surface area contributed by atoms with Gasteiger partial charge in [-0.3, -0.25) is 9.59 Å². The van der Waals surface area contributed by atoms with Crippen LogP contribution >= 0.6 is 45.8 Å². The van der Waals surface area contributed by atoms with E-state index in [1.165, 1.54) is 6.92 Å². The van der Waals surface area contributed by atoms with Crippen LogP contribution in [0.5, 0.6) is 0 Å². The van der Waals surface area contributed by atoms with E-state index in [1.54, 1.807) is 18.2 Å². The van der Waals surface area contributed by atoms with Crippen molar-refractivity contribution in [2.45, 2.75) is 19.3 Å². The minimum atomic E-state index is -0.622. The fourth-order valence-electron chi connectivity index (χ4n) is 2.39. The van der Waals surface area contributed by atoms with E-state index >= 15 is 0 Å². The molecule has 1 atom stereocenters. The lowest BCUT2D eigenvalue weighted by molar-refractivity contribution is -0.159. The molecule has 0 saturated heterocycles. The Morgan fingerprint density at radius 2 is 1.76 bits per heavy atom. The van der Waals surface area contributed by atoms with E-state index in [2.05, 4.69) is 27.9 Å². The van der Waals surface area contributed by atoms with Crippen molar-refractivity contribution in [1.82, 2.24) is 0 Å². The van der Waals surface area contributed by atoms with Crippen LogP contribution in [-0.4, -0.2) is 16.4 Å². The first-order valence-electron chi connectivity index (χ1n) is 7.52. The standard InChI is InChI=1S/C18H16Cl2INO3/c1-11(23)25-18(24)13(9-10-21)12-5-2-3-8-16(12)22-17-14(19)6-4-7-15(17)20/h2-8,13,22H,9-10H2,1H3. The SMILES string of the molecule is CC(=O)OC(=O)C(CCI)c1ccccc1Nc1c(Cl)cccc1Cl. The Hall–Kier alpha value is -1.31. The van der Waals surface area contributed by atoms with Crippen molar-refractivity contribution in [2.24, 2.45) is 0 Å². The number of hydrogen-bond donors (Lipinski definition) is 1. The first-order valence-corrected chi connectivity index (χ1v) is 9.80. The molecule has 0 aliphatic rings. The van der Waals surface area contributed by atoms with Gasteiger partial charge in [-0.1, -0.05) is 70.1 Å². The number of benzene rings is 2. The highest BCUT2D eigenvalue weighted by Gasteiger charge is 2.25. The average Bonchev–Trinajstić information content (AvgIpc) is 2.56.